The highest BCUT2D eigenvalue weighted by Gasteiger charge is 2.15. The van der Waals surface area contributed by atoms with Gasteiger partial charge < -0.3 is 9.73 Å². The van der Waals surface area contributed by atoms with Gasteiger partial charge >= 0.3 is 0 Å². The lowest BCUT2D eigenvalue weighted by atomic mass is 10.4. The molecule has 0 radical (unpaired) electrons. The molecule has 0 saturated heterocycles. The molecule has 90 valence electrons. The molecule has 2 heterocycles. The van der Waals surface area contributed by atoms with Gasteiger partial charge in [0.25, 0.3) is 0 Å². The van der Waals surface area contributed by atoms with Crippen molar-refractivity contribution in [2.45, 2.75) is 23.1 Å². The summed E-state index contributed by atoms with van der Waals surface area (Å²) in [4.78, 5) is 11.7. The summed E-state index contributed by atoms with van der Waals surface area (Å²) in [6.07, 6.45) is 1.58. The van der Waals surface area contributed by atoms with Gasteiger partial charge in [-0.25, -0.2) is 0 Å². The molecule has 5 nitrogen and oxygen atoms in total. The van der Waals surface area contributed by atoms with Gasteiger partial charge in [-0.05, 0) is 19.1 Å². The number of nitrogens with one attached hydrogen (secondary N) is 1. The number of thioether (sulfide) groups is 1. The first-order valence-electron chi connectivity index (χ1n) is 4.98. The van der Waals surface area contributed by atoms with E-state index in [1.807, 2.05) is 13.0 Å². The van der Waals surface area contributed by atoms with Gasteiger partial charge in [-0.15, -0.1) is 10.2 Å². The minimum Gasteiger partial charge on any atom is -0.467 e. The summed E-state index contributed by atoms with van der Waals surface area (Å²) in [5.74, 6) is 0.702. The maximum Gasteiger partial charge on any atom is 0.233 e. The van der Waals surface area contributed by atoms with Crippen LogP contribution in [0.1, 0.15) is 12.7 Å². The lowest BCUT2D eigenvalue weighted by Crippen LogP contribution is -2.30. The third-order valence-corrected chi connectivity index (χ3v) is 3.92. The number of nitrogens with zero attached hydrogens (tertiary/aromatic N) is 2. The summed E-state index contributed by atoms with van der Waals surface area (Å²) in [7, 11) is 0. The molecular weight excluding hydrogens is 258 g/mol. The van der Waals surface area contributed by atoms with Crippen molar-refractivity contribution in [2.24, 2.45) is 0 Å². The van der Waals surface area contributed by atoms with E-state index in [0.717, 1.165) is 10.1 Å². The first-order valence-corrected chi connectivity index (χ1v) is 6.74. The lowest BCUT2D eigenvalue weighted by Gasteiger charge is -2.08. The Morgan fingerprint density at radius 1 is 1.71 bits per heavy atom. The Labute approximate surface area is 107 Å². The molecule has 7 heteroatoms. The van der Waals surface area contributed by atoms with Crippen molar-refractivity contribution < 1.29 is 9.21 Å². The van der Waals surface area contributed by atoms with Crippen molar-refractivity contribution in [1.29, 1.82) is 0 Å². The van der Waals surface area contributed by atoms with Crippen molar-refractivity contribution in [3.63, 3.8) is 0 Å². The van der Waals surface area contributed by atoms with Crippen molar-refractivity contribution >= 4 is 29.0 Å². The van der Waals surface area contributed by atoms with Crippen molar-refractivity contribution in [3.05, 3.63) is 29.7 Å². The van der Waals surface area contributed by atoms with E-state index in [9.17, 15) is 4.79 Å². The van der Waals surface area contributed by atoms with Gasteiger partial charge in [-0.1, -0.05) is 23.1 Å². The summed E-state index contributed by atoms with van der Waals surface area (Å²) >= 11 is 2.82. The number of furan rings is 1. The number of hydrogen-bond donors (Lipinski definition) is 1. The fraction of sp³-hybridized carbons (Fsp3) is 0.300. The third-order valence-electron chi connectivity index (χ3n) is 2.00. The Morgan fingerprint density at radius 2 is 2.59 bits per heavy atom. The van der Waals surface area contributed by atoms with Crippen LogP contribution in [0.25, 0.3) is 0 Å². The van der Waals surface area contributed by atoms with Crippen molar-refractivity contribution in [3.8, 4) is 0 Å². The largest absolute Gasteiger partial charge is 0.467 e. The van der Waals surface area contributed by atoms with Gasteiger partial charge in [0.05, 0.1) is 18.1 Å². The molecule has 0 aromatic carbocycles. The Balaban J connectivity index is 1.79. The summed E-state index contributed by atoms with van der Waals surface area (Å²) in [5.41, 5.74) is 1.65. The Hall–Kier alpha value is -1.34. The summed E-state index contributed by atoms with van der Waals surface area (Å²) in [6, 6.07) is 3.61. The Morgan fingerprint density at radius 3 is 3.24 bits per heavy atom. The molecular formula is C10H11N3O2S2. The van der Waals surface area contributed by atoms with Crippen molar-refractivity contribution in [2.75, 3.05) is 0 Å². The van der Waals surface area contributed by atoms with E-state index < -0.39 is 0 Å². The van der Waals surface area contributed by atoms with E-state index in [1.165, 1.54) is 23.1 Å². The van der Waals surface area contributed by atoms with Crippen LogP contribution < -0.4 is 5.32 Å². The molecule has 1 amide bonds. The van der Waals surface area contributed by atoms with Crippen LogP contribution in [-0.2, 0) is 11.3 Å². The van der Waals surface area contributed by atoms with E-state index in [4.69, 9.17) is 4.42 Å². The van der Waals surface area contributed by atoms with Crippen LogP contribution in [0, 0.1) is 0 Å². The fourth-order valence-corrected chi connectivity index (χ4v) is 2.80. The zero-order valence-corrected chi connectivity index (χ0v) is 10.8. The number of rotatable bonds is 5. The average Bonchev–Trinajstić information content (AvgIpc) is 2.98. The van der Waals surface area contributed by atoms with Crippen LogP contribution in [0.15, 0.2) is 32.7 Å². The van der Waals surface area contributed by atoms with Crippen LogP contribution in [-0.4, -0.2) is 21.4 Å². The molecule has 2 aromatic rings. The van der Waals surface area contributed by atoms with Gasteiger partial charge in [-0.2, -0.15) is 0 Å². The molecule has 1 atom stereocenters. The van der Waals surface area contributed by atoms with E-state index in [1.54, 1.807) is 17.8 Å². The van der Waals surface area contributed by atoms with Crippen LogP contribution in [0.2, 0.25) is 0 Å². The molecule has 2 aromatic heterocycles. The Bertz CT molecular complexity index is 456. The molecule has 2 rings (SSSR count). The second-order valence-corrected chi connectivity index (χ2v) is 5.68. The topological polar surface area (TPSA) is 68.0 Å². The molecule has 0 saturated carbocycles. The summed E-state index contributed by atoms with van der Waals surface area (Å²) in [6.45, 7) is 2.25. The van der Waals surface area contributed by atoms with Crippen LogP contribution >= 0.6 is 23.1 Å². The zero-order valence-electron chi connectivity index (χ0n) is 9.12. The highest BCUT2D eigenvalue weighted by molar-refractivity contribution is 8.02. The SMILES string of the molecule is C[C@@H](Sc1nncs1)C(=O)NCc1ccco1. The highest BCUT2D eigenvalue weighted by Crippen LogP contribution is 2.24. The smallest absolute Gasteiger partial charge is 0.233 e. The molecule has 0 spiro atoms. The molecule has 1 N–H and O–H groups in total. The quantitative estimate of drug-likeness (QED) is 0.840. The number of carbonyl (C=O) groups is 1. The van der Waals surface area contributed by atoms with Gasteiger partial charge in [0.2, 0.25) is 5.91 Å². The molecule has 0 aliphatic heterocycles. The minimum atomic E-state index is -0.196. The number of hydrogen-bond acceptors (Lipinski definition) is 6. The van der Waals surface area contributed by atoms with Crippen LogP contribution in [0.5, 0.6) is 0 Å². The first kappa shape index (κ1) is 12.1. The maximum atomic E-state index is 11.7. The second kappa shape index (κ2) is 5.83. The number of aromatic nitrogens is 2. The summed E-state index contributed by atoms with van der Waals surface area (Å²) < 4.78 is 5.92. The Kier molecular flexibility index (Phi) is 4.16. The third kappa shape index (κ3) is 3.57. The molecule has 0 aliphatic rings. The van der Waals surface area contributed by atoms with Gasteiger partial charge in [-0.3, -0.25) is 4.79 Å². The number of amides is 1. The van der Waals surface area contributed by atoms with E-state index in [2.05, 4.69) is 15.5 Å². The molecule has 0 fully saturated rings. The minimum absolute atomic E-state index is 0.0402. The van der Waals surface area contributed by atoms with Gasteiger partial charge in [0.1, 0.15) is 11.3 Å². The highest BCUT2D eigenvalue weighted by atomic mass is 32.2. The van der Waals surface area contributed by atoms with Gasteiger partial charge in [0, 0.05) is 0 Å². The predicted octanol–water partition coefficient (Wildman–Crippen LogP) is 1.93. The normalized spacial score (nSPS) is 12.3. The standard InChI is InChI=1S/C10H11N3O2S2/c1-7(17-10-13-12-6-16-10)9(14)11-5-8-3-2-4-15-8/h2-4,6-7H,5H2,1H3,(H,11,14)/t7-/m1/s1. The number of carbonyl (C=O) groups excluding carboxylic acids is 1. The maximum absolute atomic E-state index is 11.7. The lowest BCUT2D eigenvalue weighted by molar-refractivity contribution is -0.120. The first-order chi connectivity index (χ1) is 8.25. The average molecular weight is 269 g/mol. The van der Waals surface area contributed by atoms with Crippen molar-refractivity contribution in [1.82, 2.24) is 15.5 Å². The molecule has 0 bridgehead atoms. The monoisotopic (exact) mass is 269 g/mol. The van der Waals surface area contributed by atoms with E-state index in [-0.39, 0.29) is 11.2 Å². The zero-order chi connectivity index (χ0) is 12.1. The van der Waals surface area contributed by atoms with Crippen LogP contribution in [0.3, 0.4) is 0 Å². The molecule has 0 unspecified atom stereocenters. The molecule has 0 aliphatic carbocycles. The second-order valence-electron chi connectivity index (χ2n) is 3.26. The van der Waals surface area contributed by atoms with Crippen LogP contribution in [0.4, 0.5) is 0 Å². The van der Waals surface area contributed by atoms with E-state index in [0.29, 0.717) is 6.54 Å². The summed E-state index contributed by atoms with van der Waals surface area (Å²) in [5, 5.41) is 10.2. The fourth-order valence-electron chi connectivity index (χ4n) is 1.15. The molecule has 17 heavy (non-hydrogen) atoms. The van der Waals surface area contributed by atoms with E-state index >= 15 is 0 Å². The van der Waals surface area contributed by atoms with Gasteiger partial charge in [0.15, 0.2) is 4.34 Å². The predicted molar refractivity (Wildman–Crippen MR) is 65.8 cm³/mol.